The highest BCUT2D eigenvalue weighted by atomic mass is 127. The Morgan fingerprint density at radius 2 is 2.17 bits per heavy atom. The number of benzene rings is 1. The maximum Gasteiger partial charge on any atom is 0.191 e. The van der Waals surface area contributed by atoms with Gasteiger partial charge in [-0.05, 0) is 44.2 Å². The second kappa shape index (κ2) is 8.69. The fraction of sp³-hybridized carbons (Fsp3) is 0.556. The normalized spacial score (nSPS) is 18.7. The predicted octanol–water partition coefficient (Wildman–Crippen LogP) is 3.40. The molecule has 6 heteroatoms. The molecule has 0 aliphatic carbocycles. The molecule has 132 valence electrons. The Morgan fingerprint density at radius 3 is 2.96 bits per heavy atom. The molecule has 5 nitrogen and oxygen atoms in total. The number of halogens is 1. The first kappa shape index (κ1) is 19.0. The first-order chi connectivity index (χ1) is 11.1. The van der Waals surface area contributed by atoms with Gasteiger partial charge >= 0.3 is 0 Å². The standard InChI is InChI=1S/C18H27N5.HI/c1-14-7-5-11-22(13-14)18(19)20-10-6-12-23-15(2)21-16-8-3-4-9-17(16)23;/h3-4,8-9,14H,5-7,10-13H2,1-2H3,(H2,19,20);1H. The van der Waals surface area contributed by atoms with Crippen LogP contribution in [-0.2, 0) is 6.54 Å². The van der Waals surface area contributed by atoms with Gasteiger partial charge < -0.3 is 15.2 Å². The molecular formula is C18H28IN5. The van der Waals surface area contributed by atoms with Crippen molar-refractivity contribution >= 4 is 41.0 Å². The van der Waals surface area contributed by atoms with E-state index >= 15 is 0 Å². The molecule has 1 atom stereocenters. The Kier molecular flexibility index (Phi) is 6.89. The number of nitrogens with two attached hydrogens (primary N) is 1. The van der Waals surface area contributed by atoms with Gasteiger partial charge in [0.15, 0.2) is 5.96 Å². The number of piperidine rings is 1. The van der Waals surface area contributed by atoms with Crippen LogP contribution in [0, 0.1) is 12.8 Å². The van der Waals surface area contributed by atoms with E-state index in [2.05, 4.69) is 51.5 Å². The molecule has 1 fully saturated rings. The fourth-order valence-corrected chi connectivity index (χ4v) is 3.40. The van der Waals surface area contributed by atoms with Crippen molar-refractivity contribution in [1.82, 2.24) is 14.5 Å². The number of imidazole rings is 1. The first-order valence-corrected chi connectivity index (χ1v) is 8.62. The molecule has 1 aliphatic heterocycles. The van der Waals surface area contributed by atoms with Crippen LogP contribution in [0.15, 0.2) is 29.3 Å². The van der Waals surface area contributed by atoms with E-state index in [1.54, 1.807) is 0 Å². The quantitative estimate of drug-likeness (QED) is 0.343. The summed E-state index contributed by atoms with van der Waals surface area (Å²) in [5, 5.41) is 0. The molecule has 1 aromatic carbocycles. The SMILES string of the molecule is Cc1nc2ccccc2n1CCCN=C(N)N1CCCC(C)C1.I. The smallest absolute Gasteiger partial charge is 0.191 e. The van der Waals surface area contributed by atoms with Crippen molar-refractivity contribution < 1.29 is 0 Å². The van der Waals surface area contributed by atoms with Gasteiger partial charge in [-0.25, -0.2) is 4.98 Å². The van der Waals surface area contributed by atoms with Crippen molar-refractivity contribution in [3.63, 3.8) is 0 Å². The van der Waals surface area contributed by atoms with Gasteiger partial charge in [-0.1, -0.05) is 19.1 Å². The zero-order valence-corrected chi connectivity index (χ0v) is 16.9. The summed E-state index contributed by atoms with van der Waals surface area (Å²) in [6.07, 6.45) is 3.50. The number of aliphatic imine (C=N–C) groups is 1. The van der Waals surface area contributed by atoms with Gasteiger partial charge in [-0.15, -0.1) is 24.0 Å². The maximum atomic E-state index is 6.15. The molecule has 24 heavy (non-hydrogen) atoms. The molecule has 0 saturated carbocycles. The van der Waals surface area contributed by atoms with E-state index in [0.29, 0.717) is 5.96 Å². The molecule has 2 N–H and O–H groups in total. The van der Waals surface area contributed by atoms with E-state index in [0.717, 1.165) is 49.9 Å². The number of aromatic nitrogens is 2. The monoisotopic (exact) mass is 441 g/mol. The van der Waals surface area contributed by atoms with Crippen LogP contribution >= 0.6 is 24.0 Å². The van der Waals surface area contributed by atoms with Gasteiger partial charge in [0.25, 0.3) is 0 Å². The number of hydrogen-bond acceptors (Lipinski definition) is 2. The molecule has 0 bridgehead atoms. The second-order valence-electron chi connectivity index (χ2n) is 6.59. The van der Waals surface area contributed by atoms with Gasteiger partial charge in [0.05, 0.1) is 11.0 Å². The van der Waals surface area contributed by atoms with Crippen LogP contribution in [0.4, 0.5) is 0 Å². The number of para-hydroxylation sites is 2. The Morgan fingerprint density at radius 1 is 1.38 bits per heavy atom. The summed E-state index contributed by atoms with van der Waals surface area (Å²) < 4.78 is 2.27. The van der Waals surface area contributed by atoms with Crippen molar-refractivity contribution in [3.05, 3.63) is 30.1 Å². The predicted molar refractivity (Wildman–Crippen MR) is 111 cm³/mol. The van der Waals surface area contributed by atoms with Crippen molar-refractivity contribution in [2.24, 2.45) is 16.6 Å². The van der Waals surface area contributed by atoms with E-state index in [1.165, 1.54) is 18.4 Å². The second-order valence-corrected chi connectivity index (χ2v) is 6.59. The summed E-state index contributed by atoms with van der Waals surface area (Å²) in [7, 11) is 0. The summed E-state index contributed by atoms with van der Waals surface area (Å²) >= 11 is 0. The van der Waals surface area contributed by atoms with Crippen molar-refractivity contribution in [2.45, 2.75) is 39.7 Å². The molecule has 1 saturated heterocycles. The maximum absolute atomic E-state index is 6.15. The fourth-order valence-electron chi connectivity index (χ4n) is 3.40. The topological polar surface area (TPSA) is 59.4 Å². The van der Waals surface area contributed by atoms with E-state index in [9.17, 15) is 0 Å². The highest BCUT2D eigenvalue weighted by Crippen LogP contribution is 2.16. The largest absolute Gasteiger partial charge is 0.370 e. The zero-order valence-electron chi connectivity index (χ0n) is 14.6. The van der Waals surface area contributed by atoms with Gasteiger partial charge in [0, 0.05) is 26.2 Å². The summed E-state index contributed by atoms with van der Waals surface area (Å²) in [5.74, 6) is 2.49. The summed E-state index contributed by atoms with van der Waals surface area (Å²) in [5.41, 5.74) is 8.41. The van der Waals surface area contributed by atoms with Gasteiger partial charge in [-0.3, -0.25) is 4.99 Å². The molecular weight excluding hydrogens is 413 g/mol. The third kappa shape index (κ3) is 4.40. The number of nitrogens with zero attached hydrogens (tertiary/aromatic N) is 4. The molecule has 0 amide bonds. The van der Waals surface area contributed by atoms with Crippen molar-refractivity contribution in [3.8, 4) is 0 Å². The molecule has 2 heterocycles. The highest BCUT2D eigenvalue weighted by Gasteiger charge is 2.17. The minimum absolute atomic E-state index is 0. The lowest BCUT2D eigenvalue weighted by Crippen LogP contribution is -2.43. The molecule has 0 spiro atoms. The third-order valence-electron chi connectivity index (χ3n) is 4.64. The van der Waals surface area contributed by atoms with Crippen LogP contribution < -0.4 is 5.73 Å². The number of aryl methyl sites for hydroxylation is 2. The molecule has 1 unspecified atom stereocenters. The van der Waals surface area contributed by atoms with Crippen LogP contribution in [0.3, 0.4) is 0 Å². The Labute approximate surface area is 161 Å². The lowest BCUT2D eigenvalue weighted by molar-refractivity contribution is 0.270. The average Bonchev–Trinajstić information content (AvgIpc) is 2.87. The van der Waals surface area contributed by atoms with Crippen LogP contribution in [-0.4, -0.2) is 40.0 Å². The van der Waals surface area contributed by atoms with Gasteiger partial charge in [0.2, 0.25) is 0 Å². The molecule has 2 aromatic rings. The van der Waals surface area contributed by atoms with E-state index in [4.69, 9.17) is 5.73 Å². The zero-order chi connectivity index (χ0) is 16.2. The van der Waals surface area contributed by atoms with Gasteiger partial charge in [0.1, 0.15) is 5.82 Å². The van der Waals surface area contributed by atoms with Crippen LogP contribution in [0.25, 0.3) is 11.0 Å². The number of rotatable bonds is 4. The third-order valence-corrected chi connectivity index (χ3v) is 4.64. The average molecular weight is 441 g/mol. The molecule has 3 rings (SSSR count). The minimum atomic E-state index is 0. The van der Waals surface area contributed by atoms with E-state index < -0.39 is 0 Å². The van der Waals surface area contributed by atoms with Crippen LogP contribution in [0.2, 0.25) is 0 Å². The van der Waals surface area contributed by atoms with Crippen molar-refractivity contribution in [2.75, 3.05) is 19.6 Å². The van der Waals surface area contributed by atoms with Crippen LogP contribution in [0.5, 0.6) is 0 Å². The lowest BCUT2D eigenvalue weighted by Gasteiger charge is -2.31. The Bertz CT molecular complexity index is 694. The van der Waals surface area contributed by atoms with E-state index in [1.807, 2.05) is 6.07 Å². The number of likely N-dealkylation sites (tertiary alicyclic amines) is 1. The Hall–Kier alpha value is -1.31. The molecule has 0 radical (unpaired) electrons. The summed E-state index contributed by atoms with van der Waals surface area (Å²) in [4.78, 5) is 11.4. The van der Waals surface area contributed by atoms with Crippen molar-refractivity contribution in [1.29, 1.82) is 0 Å². The molecule has 1 aliphatic rings. The number of hydrogen-bond donors (Lipinski definition) is 1. The highest BCUT2D eigenvalue weighted by molar-refractivity contribution is 14.0. The van der Waals surface area contributed by atoms with E-state index in [-0.39, 0.29) is 24.0 Å². The number of guanidine groups is 1. The Balaban J connectivity index is 0.00000208. The van der Waals surface area contributed by atoms with Crippen LogP contribution in [0.1, 0.15) is 32.0 Å². The minimum Gasteiger partial charge on any atom is -0.370 e. The summed E-state index contributed by atoms with van der Waals surface area (Å²) in [6.45, 7) is 8.13. The molecule has 1 aromatic heterocycles. The summed E-state index contributed by atoms with van der Waals surface area (Å²) in [6, 6.07) is 8.28. The van der Waals surface area contributed by atoms with Gasteiger partial charge in [-0.2, -0.15) is 0 Å². The number of fused-ring (bicyclic) bond motifs is 1. The lowest BCUT2D eigenvalue weighted by atomic mass is 10.0. The first-order valence-electron chi connectivity index (χ1n) is 8.62.